The molecule has 3 rings (SSSR count). The predicted octanol–water partition coefficient (Wildman–Crippen LogP) is 2.97. The standard InChI is InChI=1S/C21H20N2O3/c24-19-13-20(25)22-14-18(19)21(26)23(15-17-9-5-2-6-10-17)12-11-16-7-3-1-4-8-16/h1-10,13-14H,11-12,15H2,(H2,22,24,25). The largest absolute Gasteiger partial charge is 0.507 e. The molecule has 0 bridgehead atoms. The summed E-state index contributed by atoms with van der Waals surface area (Å²) >= 11 is 0. The van der Waals surface area contributed by atoms with Gasteiger partial charge in [-0.3, -0.25) is 9.59 Å². The van der Waals surface area contributed by atoms with Crippen LogP contribution in [0.15, 0.2) is 77.7 Å². The minimum atomic E-state index is -0.446. The summed E-state index contributed by atoms with van der Waals surface area (Å²) in [6.45, 7) is 0.918. The number of aromatic amines is 1. The second-order valence-corrected chi connectivity index (χ2v) is 6.04. The van der Waals surface area contributed by atoms with Gasteiger partial charge in [-0.1, -0.05) is 60.7 Å². The average molecular weight is 348 g/mol. The average Bonchev–Trinajstić information content (AvgIpc) is 2.66. The zero-order chi connectivity index (χ0) is 18.4. The van der Waals surface area contributed by atoms with Gasteiger partial charge in [0.15, 0.2) is 0 Å². The van der Waals surface area contributed by atoms with E-state index in [1.165, 1.54) is 6.20 Å². The van der Waals surface area contributed by atoms with Crippen molar-refractivity contribution in [2.24, 2.45) is 0 Å². The zero-order valence-corrected chi connectivity index (χ0v) is 14.3. The number of pyridine rings is 1. The van der Waals surface area contributed by atoms with E-state index < -0.39 is 5.56 Å². The van der Waals surface area contributed by atoms with Crippen LogP contribution in [0.3, 0.4) is 0 Å². The van der Waals surface area contributed by atoms with Gasteiger partial charge in [-0.05, 0) is 17.5 Å². The smallest absolute Gasteiger partial charge is 0.259 e. The lowest BCUT2D eigenvalue weighted by atomic mass is 10.1. The highest BCUT2D eigenvalue weighted by Gasteiger charge is 2.19. The van der Waals surface area contributed by atoms with Crippen molar-refractivity contribution in [2.75, 3.05) is 6.54 Å². The van der Waals surface area contributed by atoms with E-state index in [1.54, 1.807) is 4.90 Å². The van der Waals surface area contributed by atoms with E-state index in [4.69, 9.17) is 0 Å². The number of rotatable bonds is 6. The van der Waals surface area contributed by atoms with Crippen molar-refractivity contribution < 1.29 is 9.90 Å². The first kappa shape index (κ1) is 17.5. The highest BCUT2D eigenvalue weighted by molar-refractivity contribution is 5.96. The second-order valence-electron chi connectivity index (χ2n) is 6.04. The van der Waals surface area contributed by atoms with Crippen LogP contribution in [0, 0.1) is 0 Å². The molecular formula is C21H20N2O3. The van der Waals surface area contributed by atoms with Gasteiger partial charge in [0, 0.05) is 25.4 Å². The molecule has 5 heteroatoms. The van der Waals surface area contributed by atoms with Crippen molar-refractivity contribution in [1.29, 1.82) is 0 Å². The van der Waals surface area contributed by atoms with Gasteiger partial charge in [0.2, 0.25) is 0 Å². The van der Waals surface area contributed by atoms with Gasteiger partial charge < -0.3 is 15.0 Å². The molecule has 132 valence electrons. The molecule has 26 heavy (non-hydrogen) atoms. The molecule has 0 radical (unpaired) electrons. The van der Waals surface area contributed by atoms with Gasteiger partial charge in [-0.2, -0.15) is 0 Å². The summed E-state index contributed by atoms with van der Waals surface area (Å²) in [6, 6.07) is 20.6. The highest BCUT2D eigenvalue weighted by atomic mass is 16.3. The topological polar surface area (TPSA) is 73.4 Å². The molecule has 2 N–H and O–H groups in total. The number of nitrogens with zero attached hydrogens (tertiary/aromatic N) is 1. The van der Waals surface area contributed by atoms with E-state index in [1.807, 2.05) is 60.7 Å². The number of carbonyl (C=O) groups is 1. The maximum Gasteiger partial charge on any atom is 0.259 e. The third-order valence-electron chi connectivity index (χ3n) is 4.15. The molecule has 0 aliphatic carbocycles. The normalized spacial score (nSPS) is 10.5. The molecule has 0 saturated carbocycles. The van der Waals surface area contributed by atoms with Crippen LogP contribution in [0.1, 0.15) is 21.5 Å². The Morgan fingerprint density at radius 1 is 0.962 bits per heavy atom. The Bertz CT molecular complexity index is 921. The Balaban J connectivity index is 1.83. The SMILES string of the molecule is O=C(c1c[nH]c(=O)cc1O)N(CCc1ccccc1)Cc1ccccc1. The Labute approximate surface area is 151 Å². The number of carbonyl (C=O) groups excluding carboxylic acids is 1. The van der Waals surface area contributed by atoms with Crippen LogP contribution in [0.4, 0.5) is 0 Å². The van der Waals surface area contributed by atoms with Crippen molar-refractivity contribution >= 4 is 5.91 Å². The zero-order valence-electron chi connectivity index (χ0n) is 14.3. The molecule has 2 aromatic carbocycles. The molecule has 0 saturated heterocycles. The molecule has 0 fully saturated rings. The summed E-state index contributed by atoms with van der Waals surface area (Å²) in [5, 5.41) is 9.99. The summed E-state index contributed by atoms with van der Waals surface area (Å²) in [5.74, 6) is -0.630. The molecule has 0 atom stereocenters. The van der Waals surface area contributed by atoms with Crippen molar-refractivity contribution in [1.82, 2.24) is 9.88 Å². The number of aromatic nitrogens is 1. The third-order valence-corrected chi connectivity index (χ3v) is 4.15. The van der Waals surface area contributed by atoms with Gasteiger partial charge in [-0.25, -0.2) is 0 Å². The first-order valence-electron chi connectivity index (χ1n) is 8.42. The Kier molecular flexibility index (Phi) is 5.49. The van der Waals surface area contributed by atoms with Crippen molar-refractivity contribution in [3.05, 3.63) is 100.0 Å². The maximum atomic E-state index is 12.9. The van der Waals surface area contributed by atoms with Gasteiger partial charge in [0.1, 0.15) is 5.75 Å². The Hall–Kier alpha value is -3.34. The van der Waals surface area contributed by atoms with Crippen LogP contribution < -0.4 is 5.56 Å². The molecule has 1 heterocycles. The van der Waals surface area contributed by atoms with Crippen molar-refractivity contribution in [3.63, 3.8) is 0 Å². The number of hydrogen-bond acceptors (Lipinski definition) is 3. The van der Waals surface area contributed by atoms with E-state index in [9.17, 15) is 14.7 Å². The van der Waals surface area contributed by atoms with Crippen LogP contribution in [-0.2, 0) is 13.0 Å². The summed E-state index contributed by atoms with van der Waals surface area (Å²) < 4.78 is 0. The highest BCUT2D eigenvalue weighted by Crippen LogP contribution is 2.17. The van der Waals surface area contributed by atoms with E-state index in [0.29, 0.717) is 19.5 Å². The molecule has 1 amide bonds. The Morgan fingerprint density at radius 3 is 2.19 bits per heavy atom. The summed E-state index contributed by atoms with van der Waals surface area (Å²) in [6.07, 6.45) is 1.96. The number of nitrogens with one attached hydrogen (secondary N) is 1. The fraction of sp³-hybridized carbons (Fsp3) is 0.143. The number of benzene rings is 2. The van der Waals surface area contributed by atoms with E-state index in [2.05, 4.69) is 4.98 Å². The minimum absolute atomic E-state index is 0.0913. The summed E-state index contributed by atoms with van der Waals surface area (Å²) in [5.41, 5.74) is 1.77. The van der Waals surface area contributed by atoms with E-state index in [-0.39, 0.29) is 17.2 Å². The molecule has 5 nitrogen and oxygen atoms in total. The second kappa shape index (κ2) is 8.16. The number of H-pyrrole nitrogens is 1. The van der Waals surface area contributed by atoms with Crippen LogP contribution in [0.5, 0.6) is 5.75 Å². The number of hydrogen-bond donors (Lipinski definition) is 2. The van der Waals surface area contributed by atoms with Crippen LogP contribution in [0.2, 0.25) is 0 Å². The molecule has 0 spiro atoms. The lowest BCUT2D eigenvalue weighted by molar-refractivity contribution is 0.0741. The lowest BCUT2D eigenvalue weighted by Gasteiger charge is -2.23. The van der Waals surface area contributed by atoms with E-state index >= 15 is 0 Å². The predicted molar refractivity (Wildman–Crippen MR) is 100 cm³/mol. The van der Waals surface area contributed by atoms with Gasteiger partial charge >= 0.3 is 0 Å². The molecule has 0 unspecified atom stereocenters. The first-order chi connectivity index (χ1) is 12.6. The van der Waals surface area contributed by atoms with E-state index in [0.717, 1.165) is 17.2 Å². The van der Waals surface area contributed by atoms with Gasteiger partial charge in [0.05, 0.1) is 5.56 Å². The summed E-state index contributed by atoms with van der Waals surface area (Å²) in [7, 11) is 0. The quantitative estimate of drug-likeness (QED) is 0.719. The fourth-order valence-corrected chi connectivity index (χ4v) is 2.77. The van der Waals surface area contributed by atoms with Crippen LogP contribution in [-0.4, -0.2) is 27.4 Å². The van der Waals surface area contributed by atoms with Crippen LogP contribution >= 0.6 is 0 Å². The third kappa shape index (κ3) is 4.39. The van der Waals surface area contributed by atoms with Crippen molar-refractivity contribution in [2.45, 2.75) is 13.0 Å². The molecule has 0 aliphatic rings. The van der Waals surface area contributed by atoms with Crippen LogP contribution in [0.25, 0.3) is 0 Å². The number of amides is 1. The number of aromatic hydroxyl groups is 1. The Morgan fingerprint density at radius 2 is 1.58 bits per heavy atom. The molecule has 1 aromatic heterocycles. The fourth-order valence-electron chi connectivity index (χ4n) is 2.77. The van der Waals surface area contributed by atoms with Crippen molar-refractivity contribution in [3.8, 4) is 5.75 Å². The van der Waals surface area contributed by atoms with Gasteiger partial charge in [-0.15, -0.1) is 0 Å². The monoisotopic (exact) mass is 348 g/mol. The maximum absolute atomic E-state index is 12.9. The molecule has 3 aromatic rings. The minimum Gasteiger partial charge on any atom is -0.507 e. The molecule has 0 aliphatic heterocycles. The first-order valence-corrected chi connectivity index (χ1v) is 8.42. The molecular weight excluding hydrogens is 328 g/mol. The lowest BCUT2D eigenvalue weighted by Crippen LogP contribution is -2.33. The van der Waals surface area contributed by atoms with Gasteiger partial charge in [0.25, 0.3) is 11.5 Å². The summed E-state index contributed by atoms with van der Waals surface area (Å²) in [4.78, 5) is 28.4.